The number of alkyl halides is 2. The first-order chi connectivity index (χ1) is 14.4. The van der Waals surface area contributed by atoms with Gasteiger partial charge in [0.2, 0.25) is 0 Å². The summed E-state index contributed by atoms with van der Waals surface area (Å²) in [5.41, 5.74) is 2.53. The van der Waals surface area contributed by atoms with E-state index in [1.54, 1.807) is 41.2 Å². The molecule has 1 aromatic carbocycles. The van der Waals surface area contributed by atoms with E-state index in [1.807, 2.05) is 0 Å². The average Bonchev–Trinajstić information content (AvgIpc) is 3.32. The highest BCUT2D eigenvalue weighted by Gasteiger charge is 2.35. The highest BCUT2D eigenvalue weighted by atomic mass is 19.3. The molecule has 1 saturated heterocycles. The molecule has 0 bridgehead atoms. The van der Waals surface area contributed by atoms with E-state index in [-0.39, 0.29) is 13.0 Å². The first kappa shape index (κ1) is 18.6. The highest BCUT2D eigenvalue weighted by molar-refractivity contribution is 5.95. The van der Waals surface area contributed by atoms with Gasteiger partial charge in [-0.05, 0) is 12.5 Å². The number of nitrogens with one attached hydrogen (secondary N) is 1. The fourth-order valence-corrected chi connectivity index (χ4v) is 3.83. The monoisotopic (exact) mass is 413 g/mol. The molecule has 0 aliphatic carbocycles. The number of aryl methyl sites for hydroxylation is 1. The van der Waals surface area contributed by atoms with Crippen molar-refractivity contribution in [2.75, 3.05) is 18.0 Å². The van der Waals surface area contributed by atoms with Crippen molar-refractivity contribution in [3.63, 3.8) is 0 Å². The van der Waals surface area contributed by atoms with E-state index in [2.05, 4.69) is 25.3 Å². The number of fused-ring (bicyclic) bond motifs is 1. The van der Waals surface area contributed by atoms with Crippen molar-refractivity contribution in [2.45, 2.75) is 18.8 Å². The van der Waals surface area contributed by atoms with Gasteiger partial charge in [-0.3, -0.25) is 9.78 Å². The molecule has 1 N–H and O–H groups in total. The third-order valence-corrected chi connectivity index (χ3v) is 5.28. The molecule has 0 amide bonds. The van der Waals surface area contributed by atoms with E-state index in [0.29, 0.717) is 52.2 Å². The molecule has 0 atom stereocenters. The molecule has 4 aromatic rings. The van der Waals surface area contributed by atoms with Crippen LogP contribution in [0.2, 0.25) is 0 Å². The van der Waals surface area contributed by atoms with E-state index >= 15 is 0 Å². The number of H-pyrrole nitrogens is 1. The molecule has 0 spiro atoms. The Kier molecular flexibility index (Phi) is 4.23. The van der Waals surface area contributed by atoms with Gasteiger partial charge in [-0.15, -0.1) is 0 Å². The van der Waals surface area contributed by atoms with E-state index in [1.165, 1.54) is 12.4 Å². The van der Waals surface area contributed by atoms with Gasteiger partial charge in [0.15, 0.2) is 0 Å². The lowest BCUT2D eigenvalue weighted by Gasteiger charge is -2.33. The number of hydrogen-bond acceptors (Lipinski definition) is 5. The van der Waals surface area contributed by atoms with Crippen LogP contribution in [-0.4, -0.2) is 49.0 Å². The quantitative estimate of drug-likeness (QED) is 0.553. The van der Waals surface area contributed by atoms with Gasteiger partial charge in [0.05, 0.1) is 24.0 Å². The molecule has 0 saturated carbocycles. The van der Waals surface area contributed by atoms with E-state index < -0.39 is 11.7 Å². The van der Waals surface area contributed by atoms with E-state index in [0.717, 1.165) is 0 Å². The van der Waals surface area contributed by atoms with Gasteiger partial charge < -0.3 is 4.90 Å². The molecule has 5 rings (SSSR count). The molecule has 0 radical (unpaired) electrons. The molecule has 3 aromatic heterocycles. The molecule has 1 aliphatic rings. The molecule has 10 heteroatoms. The normalized spacial score (nSPS) is 16.3. The van der Waals surface area contributed by atoms with Crippen LogP contribution in [-0.2, 0) is 7.05 Å². The number of benzene rings is 1. The number of rotatable bonds is 3. The lowest BCUT2D eigenvalue weighted by Crippen LogP contribution is -2.43. The Balaban J connectivity index is 1.57. The third-order valence-electron chi connectivity index (χ3n) is 5.28. The van der Waals surface area contributed by atoms with Crippen molar-refractivity contribution in [1.82, 2.24) is 29.9 Å². The largest absolute Gasteiger partial charge is 0.350 e. The zero-order valence-electron chi connectivity index (χ0n) is 16.1. The molecule has 1 fully saturated rings. The van der Waals surface area contributed by atoms with Gasteiger partial charge in [-0.25, -0.2) is 23.1 Å². The maximum absolute atomic E-state index is 14.6. The zero-order valence-corrected chi connectivity index (χ0v) is 16.1. The molecule has 4 heterocycles. The van der Waals surface area contributed by atoms with E-state index in [4.69, 9.17) is 0 Å². The summed E-state index contributed by atoms with van der Waals surface area (Å²) in [6, 6.07) is 4.71. The second-order valence-electron chi connectivity index (χ2n) is 7.50. The van der Waals surface area contributed by atoms with Crippen LogP contribution >= 0.6 is 0 Å². The fraction of sp³-hybridized carbons (Fsp3) is 0.300. The standard InChI is InChI=1S/C20H18F3N7/c1-29-9-12(8-26-29)13-5-14-16(6-15(13)21)27-28-19(14)17-7-18(25-11-24-17)30-4-2-3-20(22,23)10-30/h5-9,11H,2-4,10H2,1H3,(H,27,28). The van der Waals surface area contributed by atoms with Crippen LogP contribution in [0.3, 0.4) is 0 Å². The molecule has 30 heavy (non-hydrogen) atoms. The van der Waals surface area contributed by atoms with Crippen LogP contribution in [0.15, 0.2) is 36.9 Å². The fourth-order valence-electron chi connectivity index (χ4n) is 3.83. The first-order valence-corrected chi connectivity index (χ1v) is 9.51. The summed E-state index contributed by atoms with van der Waals surface area (Å²) in [5.74, 6) is -2.71. The average molecular weight is 413 g/mol. The number of nitrogens with zero attached hydrogens (tertiary/aromatic N) is 6. The van der Waals surface area contributed by atoms with Crippen LogP contribution in [0, 0.1) is 5.82 Å². The molecule has 0 unspecified atom stereocenters. The highest BCUT2D eigenvalue weighted by Crippen LogP contribution is 2.34. The SMILES string of the molecule is Cn1cc(-c2cc3c(-c4cc(N5CCCC(F)(F)C5)ncn4)n[nH]c3cc2F)cn1. The van der Waals surface area contributed by atoms with Gasteiger partial charge in [0.1, 0.15) is 23.7 Å². The minimum Gasteiger partial charge on any atom is -0.350 e. The van der Waals surface area contributed by atoms with Crippen LogP contribution in [0.5, 0.6) is 0 Å². The summed E-state index contributed by atoms with van der Waals surface area (Å²) in [7, 11) is 1.76. The molecule has 7 nitrogen and oxygen atoms in total. The molecule has 1 aliphatic heterocycles. The number of aromatic nitrogens is 6. The Morgan fingerprint density at radius 2 is 2.03 bits per heavy atom. The Labute approximate surface area is 169 Å². The Morgan fingerprint density at radius 1 is 1.17 bits per heavy atom. The summed E-state index contributed by atoms with van der Waals surface area (Å²) in [6.07, 6.45) is 4.93. The number of anilines is 1. The maximum Gasteiger partial charge on any atom is 0.265 e. The van der Waals surface area contributed by atoms with Gasteiger partial charge in [-0.1, -0.05) is 0 Å². The minimum absolute atomic E-state index is 0.117. The third kappa shape index (κ3) is 3.27. The number of aromatic amines is 1. The topological polar surface area (TPSA) is 75.5 Å². The number of halogens is 3. The van der Waals surface area contributed by atoms with E-state index in [9.17, 15) is 13.2 Å². The summed E-state index contributed by atoms with van der Waals surface area (Å²) in [4.78, 5) is 10.0. The lowest BCUT2D eigenvalue weighted by molar-refractivity contribution is -0.0118. The Hall–Kier alpha value is -3.43. The van der Waals surface area contributed by atoms with Crippen molar-refractivity contribution in [3.05, 3.63) is 42.7 Å². The Bertz CT molecular complexity index is 1230. The van der Waals surface area contributed by atoms with Gasteiger partial charge in [0.25, 0.3) is 5.92 Å². The zero-order chi connectivity index (χ0) is 20.9. The minimum atomic E-state index is -2.74. The smallest absolute Gasteiger partial charge is 0.265 e. The van der Waals surface area contributed by atoms with Crippen molar-refractivity contribution in [1.29, 1.82) is 0 Å². The van der Waals surface area contributed by atoms with Crippen molar-refractivity contribution in [3.8, 4) is 22.5 Å². The summed E-state index contributed by atoms with van der Waals surface area (Å²) in [5, 5.41) is 11.9. The predicted octanol–water partition coefficient (Wildman–Crippen LogP) is 3.80. The molecular formula is C20H18F3N7. The van der Waals surface area contributed by atoms with Gasteiger partial charge in [0, 0.05) is 54.9 Å². The lowest BCUT2D eigenvalue weighted by atomic mass is 10.0. The predicted molar refractivity (Wildman–Crippen MR) is 106 cm³/mol. The van der Waals surface area contributed by atoms with Crippen LogP contribution in [0.1, 0.15) is 12.8 Å². The maximum atomic E-state index is 14.6. The first-order valence-electron chi connectivity index (χ1n) is 9.51. The second kappa shape index (κ2) is 6.82. The van der Waals surface area contributed by atoms with Crippen molar-refractivity contribution in [2.24, 2.45) is 7.05 Å². The van der Waals surface area contributed by atoms with Gasteiger partial charge in [-0.2, -0.15) is 10.2 Å². The number of piperidine rings is 1. The van der Waals surface area contributed by atoms with Crippen LogP contribution < -0.4 is 4.90 Å². The molecular weight excluding hydrogens is 395 g/mol. The summed E-state index contributed by atoms with van der Waals surface area (Å²) < 4.78 is 43.9. The molecule has 154 valence electrons. The number of hydrogen-bond donors (Lipinski definition) is 1. The summed E-state index contributed by atoms with van der Waals surface area (Å²) in [6.45, 7) is 0.130. The summed E-state index contributed by atoms with van der Waals surface area (Å²) >= 11 is 0. The van der Waals surface area contributed by atoms with Crippen LogP contribution in [0.4, 0.5) is 19.0 Å². The Morgan fingerprint density at radius 3 is 2.80 bits per heavy atom. The van der Waals surface area contributed by atoms with Crippen molar-refractivity contribution >= 4 is 16.7 Å². The van der Waals surface area contributed by atoms with Crippen molar-refractivity contribution < 1.29 is 13.2 Å². The second-order valence-corrected chi connectivity index (χ2v) is 7.50. The van der Waals surface area contributed by atoms with Gasteiger partial charge >= 0.3 is 0 Å². The van der Waals surface area contributed by atoms with Crippen LogP contribution in [0.25, 0.3) is 33.4 Å².